The van der Waals surface area contributed by atoms with Crippen molar-refractivity contribution in [1.82, 2.24) is 15.2 Å². The summed E-state index contributed by atoms with van der Waals surface area (Å²) in [6, 6.07) is 4.40. The van der Waals surface area contributed by atoms with Crippen LogP contribution < -0.4 is 5.32 Å². The summed E-state index contributed by atoms with van der Waals surface area (Å²) in [7, 11) is 1.88. The number of hydrogen-bond acceptors (Lipinski definition) is 3. The van der Waals surface area contributed by atoms with Gasteiger partial charge in [-0.1, -0.05) is 6.92 Å². The summed E-state index contributed by atoms with van der Waals surface area (Å²) in [5.74, 6) is 0.293. The largest absolute Gasteiger partial charge is 0.335 e. The zero-order valence-corrected chi connectivity index (χ0v) is 11.1. The van der Waals surface area contributed by atoms with Crippen LogP contribution in [0.25, 0.3) is 0 Å². The Morgan fingerprint density at radius 3 is 2.72 bits per heavy atom. The summed E-state index contributed by atoms with van der Waals surface area (Å²) in [6.45, 7) is 3.43. The maximum atomic E-state index is 12.4. The van der Waals surface area contributed by atoms with E-state index in [4.69, 9.17) is 0 Å². The van der Waals surface area contributed by atoms with Crippen molar-refractivity contribution in [3.8, 4) is 0 Å². The van der Waals surface area contributed by atoms with Crippen LogP contribution in [0.1, 0.15) is 25.3 Å². The first-order valence-electron chi connectivity index (χ1n) is 6.56. The highest BCUT2D eigenvalue weighted by molar-refractivity contribution is 5.79. The lowest BCUT2D eigenvalue weighted by Crippen LogP contribution is -2.39. The van der Waals surface area contributed by atoms with Crippen LogP contribution in [-0.4, -0.2) is 35.4 Å². The number of nitrogens with one attached hydrogen (secondary N) is 1. The van der Waals surface area contributed by atoms with Crippen molar-refractivity contribution in [2.45, 2.75) is 32.4 Å². The molecule has 1 heterocycles. The molecule has 1 aromatic rings. The molecule has 4 nitrogen and oxygen atoms in total. The lowest BCUT2D eigenvalue weighted by Gasteiger charge is -2.25. The first kappa shape index (κ1) is 13.0. The lowest BCUT2D eigenvalue weighted by molar-refractivity contribution is -0.136. The zero-order chi connectivity index (χ0) is 13.0. The van der Waals surface area contributed by atoms with Gasteiger partial charge in [-0.3, -0.25) is 9.78 Å². The van der Waals surface area contributed by atoms with Gasteiger partial charge in [0, 0.05) is 37.4 Å². The Morgan fingerprint density at radius 1 is 1.50 bits per heavy atom. The van der Waals surface area contributed by atoms with E-state index in [-0.39, 0.29) is 11.8 Å². The van der Waals surface area contributed by atoms with Crippen LogP contribution >= 0.6 is 0 Å². The zero-order valence-electron chi connectivity index (χ0n) is 11.1. The van der Waals surface area contributed by atoms with Gasteiger partial charge in [0.1, 0.15) is 0 Å². The van der Waals surface area contributed by atoms with Gasteiger partial charge in [-0.2, -0.15) is 0 Å². The number of nitrogens with zero attached hydrogens (tertiary/aromatic N) is 2. The topological polar surface area (TPSA) is 45.2 Å². The van der Waals surface area contributed by atoms with Crippen LogP contribution in [0.4, 0.5) is 0 Å². The molecule has 4 heteroatoms. The van der Waals surface area contributed by atoms with Gasteiger partial charge in [-0.15, -0.1) is 0 Å². The second-order valence-electron chi connectivity index (χ2n) is 5.01. The lowest BCUT2D eigenvalue weighted by atomic mass is 10.1. The molecule has 1 saturated carbocycles. The molecule has 0 saturated heterocycles. The summed E-state index contributed by atoms with van der Waals surface area (Å²) >= 11 is 0. The SMILES string of the molecule is CNCC(C)C(=O)N(Cc1ccncc1)C1CC1. The minimum absolute atomic E-state index is 0.0393. The van der Waals surface area contributed by atoms with Crippen molar-refractivity contribution in [2.24, 2.45) is 5.92 Å². The summed E-state index contributed by atoms with van der Waals surface area (Å²) in [5.41, 5.74) is 1.15. The standard InChI is InChI=1S/C14H21N3O/c1-11(9-15-2)14(18)17(13-3-4-13)10-12-5-7-16-8-6-12/h5-8,11,13,15H,3-4,9-10H2,1-2H3. The second kappa shape index (κ2) is 5.96. The van der Waals surface area contributed by atoms with E-state index in [1.165, 1.54) is 0 Å². The Labute approximate surface area is 108 Å². The summed E-state index contributed by atoms with van der Waals surface area (Å²) in [6.07, 6.45) is 5.84. The molecule has 1 fully saturated rings. The van der Waals surface area contributed by atoms with E-state index in [9.17, 15) is 4.79 Å². The van der Waals surface area contributed by atoms with Gasteiger partial charge in [0.05, 0.1) is 0 Å². The van der Waals surface area contributed by atoms with E-state index in [0.717, 1.165) is 24.9 Å². The molecule has 0 aliphatic heterocycles. The van der Waals surface area contributed by atoms with Crippen molar-refractivity contribution < 1.29 is 4.79 Å². The molecule has 0 aromatic carbocycles. The maximum Gasteiger partial charge on any atom is 0.227 e. The van der Waals surface area contributed by atoms with Crippen LogP contribution in [0.15, 0.2) is 24.5 Å². The minimum Gasteiger partial charge on any atom is -0.335 e. The molecule has 0 spiro atoms. The summed E-state index contributed by atoms with van der Waals surface area (Å²) in [4.78, 5) is 18.4. The van der Waals surface area contributed by atoms with Crippen molar-refractivity contribution in [1.29, 1.82) is 0 Å². The number of aromatic nitrogens is 1. The van der Waals surface area contributed by atoms with Gasteiger partial charge < -0.3 is 10.2 Å². The molecule has 18 heavy (non-hydrogen) atoms. The molecule has 0 bridgehead atoms. The predicted molar refractivity (Wildman–Crippen MR) is 70.9 cm³/mol. The van der Waals surface area contributed by atoms with E-state index in [2.05, 4.69) is 10.3 Å². The molecular weight excluding hydrogens is 226 g/mol. The fourth-order valence-electron chi connectivity index (χ4n) is 2.13. The molecule has 0 radical (unpaired) electrons. The molecule has 1 N–H and O–H groups in total. The molecule has 2 rings (SSSR count). The molecule has 1 atom stereocenters. The van der Waals surface area contributed by atoms with Crippen LogP contribution in [0.5, 0.6) is 0 Å². The van der Waals surface area contributed by atoms with Gasteiger partial charge in [-0.25, -0.2) is 0 Å². The third kappa shape index (κ3) is 3.29. The third-order valence-corrected chi connectivity index (χ3v) is 3.30. The number of carbonyl (C=O) groups is 1. The van der Waals surface area contributed by atoms with Gasteiger partial charge in [-0.05, 0) is 37.6 Å². The number of carbonyl (C=O) groups excluding carboxylic acids is 1. The van der Waals surface area contributed by atoms with Crippen molar-refractivity contribution in [3.05, 3.63) is 30.1 Å². The van der Waals surface area contributed by atoms with Gasteiger partial charge in [0.25, 0.3) is 0 Å². The van der Waals surface area contributed by atoms with Gasteiger partial charge in [0.2, 0.25) is 5.91 Å². The fraction of sp³-hybridized carbons (Fsp3) is 0.571. The Hall–Kier alpha value is -1.42. The normalized spacial score (nSPS) is 16.3. The third-order valence-electron chi connectivity index (χ3n) is 3.30. The number of rotatable bonds is 6. The van der Waals surface area contributed by atoms with Crippen LogP contribution in [0.2, 0.25) is 0 Å². The molecule has 98 valence electrons. The van der Waals surface area contributed by atoms with E-state index < -0.39 is 0 Å². The molecule has 1 aliphatic carbocycles. The van der Waals surface area contributed by atoms with E-state index >= 15 is 0 Å². The highest BCUT2D eigenvalue weighted by atomic mass is 16.2. The average Bonchev–Trinajstić information content (AvgIpc) is 3.21. The summed E-state index contributed by atoms with van der Waals surface area (Å²) in [5, 5.41) is 3.07. The summed E-state index contributed by atoms with van der Waals surface area (Å²) < 4.78 is 0. The van der Waals surface area contributed by atoms with Crippen LogP contribution in [-0.2, 0) is 11.3 Å². The Balaban J connectivity index is 2.02. The predicted octanol–water partition coefficient (Wildman–Crippen LogP) is 1.43. The van der Waals surface area contributed by atoms with Crippen molar-refractivity contribution >= 4 is 5.91 Å². The maximum absolute atomic E-state index is 12.4. The molecule has 1 aliphatic rings. The first-order valence-corrected chi connectivity index (χ1v) is 6.56. The Kier molecular flexibility index (Phi) is 4.31. The van der Waals surface area contributed by atoms with Crippen LogP contribution in [0.3, 0.4) is 0 Å². The molecule has 1 aromatic heterocycles. The number of amides is 1. The minimum atomic E-state index is 0.0393. The monoisotopic (exact) mass is 247 g/mol. The van der Waals surface area contributed by atoms with E-state index in [1.807, 2.05) is 31.0 Å². The molecule has 1 amide bonds. The molecular formula is C14H21N3O. The van der Waals surface area contributed by atoms with Crippen molar-refractivity contribution in [2.75, 3.05) is 13.6 Å². The van der Waals surface area contributed by atoms with Crippen molar-refractivity contribution in [3.63, 3.8) is 0 Å². The smallest absolute Gasteiger partial charge is 0.227 e. The second-order valence-corrected chi connectivity index (χ2v) is 5.01. The quantitative estimate of drug-likeness (QED) is 0.827. The Bertz CT molecular complexity index is 389. The van der Waals surface area contributed by atoms with E-state index in [0.29, 0.717) is 12.6 Å². The van der Waals surface area contributed by atoms with Crippen LogP contribution in [0, 0.1) is 5.92 Å². The first-order chi connectivity index (χ1) is 8.72. The number of hydrogen-bond donors (Lipinski definition) is 1. The average molecular weight is 247 g/mol. The molecule has 1 unspecified atom stereocenters. The van der Waals surface area contributed by atoms with Gasteiger partial charge in [0.15, 0.2) is 0 Å². The highest BCUT2D eigenvalue weighted by Gasteiger charge is 2.34. The van der Waals surface area contributed by atoms with Gasteiger partial charge >= 0.3 is 0 Å². The number of pyridine rings is 1. The Morgan fingerprint density at radius 2 is 2.17 bits per heavy atom. The highest BCUT2D eigenvalue weighted by Crippen LogP contribution is 2.29. The fourth-order valence-corrected chi connectivity index (χ4v) is 2.13. The van der Waals surface area contributed by atoms with E-state index in [1.54, 1.807) is 12.4 Å².